The number of carbonyl (C=O) groups is 2. The van der Waals surface area contributed by atoms with Gasteiger partial charge in [0.1, 0.15) is 0 Å². The third-order valence-corrected chi connectivity index (χ3v) is 5.32. The first-order valence-corrected chi connectivity index (χ1v) is 12.4. The largest absolute Gasteiger partial charge is 0.490 e. The zero-order chi connectivity index (χ0) is 26.1. The van der Waals surface area contributed by atoms with Crippen molar-refractivity contribution in [2.45, 2.75) is 13.1 Å². The van der Waals surface area contributed by atoms with E-state index in [1.807, 2.05) is 32.0 Å². The van der Waals surface area contributed by atoms with Crippen molar-refractivity contribution in [3.05, 3.63) is 23.8 Å². The highest BCUT2D eigenvalue weighted by molar-refractivity contribution is 7.92. The van der Waals surface area contributed by atoms with Crippen molar-refractivity contribution >= 4 is 33.3 Å². The quantitative estimate of drug-likeness (QED) is 0.475. The van der Waals surface area contributed by atoms with Crippen molar-refractivity contribution in [1.29, 1.82) is 0 Å². The monoisotopic (exact) mass is 511 g/mol. The molecule has 10 nitrogen and oxygen atoms in total. The minimum atomic E-state index is -5.08. The summed E-state index contributed by atoms with van der Waals surface area (Å²) in [6, 6.07) is 5.27. The second-order valence-electron chi connectivity index (χ2n) is 7.83. The number of carbonyl (C=O) groups excluding carboxylic acids is 1. The molecular formula is C20H32F3N5O5S. The van der Waals surface area contributed by atoms with Gasteiger partial charge in [-0.15, -0.1) is 0 Å². The first-order chi connectivity index (χ1) is 15.7. The van der Waals surface area contributed by atoms with Gasteiger partial charge in [-0.3, -0.25) is 9.52 Å². The maximum absolute atomic E-state index is 12.9. The topological polar surface area (TPSA) is 122 Å². The zero-order valence-electron chi connectivity index (χ0n) is 19.6. The van der Waals surface area contributed by atoms with E-state index in [9.17, 15) is 26.4 Å². The molecule has 1 aromatic carbocycles. The Bertz CT molecular complexity index is 935. The van der Waals surface area contributed by atoms with Gasteiger partial charge in [0.15, 0.2) is 0 Å². The summed E-state index contributed by atoms with van der Waals surface area (Å²) >= 11 is 0. The predicted octanol–water partition coefficient (Wildman–Crippen LogP) is 1.12. The molecule has 0 radical (unpaired) electrons. The van der Waals surface area contributed by atoms with Crippen LogP contribution in [0.2, 0.25) is 0 Å². The number of anilines is 2. The van der Waals surface area contributed by atoms with Crippen LogP contribution in [0.5, 0.6) is 0 Å². The van der Waals surface area contributed by atoms with Crippen molar-refractivity contribution in [1.82, 2.24) is 15.1 Å². The first-order valence-electron chi connectivity index (χ1n) is 10.5. The van der Waals surface area contributed by atoms with Crippen LogP contribution in [-0.4, -0.2) is 108 Å². The number of rotatable bonds is 8. The zero-order valence-corrected chi connectivity index (χ0v) is 20.5. The highest BCUT2D eigenvalue weighted by Crippen LogP contribution is 2.29. The van der Waals surface area contributed by atoms with Crippen LogP contribution in [0.1, 0.15) is 17.3 Å². The molecule has 1 fully saturated rings. The fourth-order valence-corrected chi connectivity index (χ4v) is 3.60. The fourth-order valence-electron chi connectivity index (χ4n) is 3.04. The average Bonchev–Trinajstić information content (AvgIpc) is 2.73. The highest BCUT2D eigenvalue weighted by atomic mass is 32.2. The Morgan fingerprint density at radius 2 is 1.74 bits per heavy atom. The molecule has 0 aliphatic carbocycles. The molecule has 34 heavy (non-hydrogen) atoms. The Morgan fingerprint density at radius 3 is 2.18 bits per heavy atom. The number of nitrogens with zero attached hydrogens (tertiary/aromatic N) is 3. The summed E-state index contributed by atoms with van der Waals surface area (Å²) < 4.78 is 58.0. The van der Waals surface area contributed by atoms with Crippen LogP contribution in [0.15, 0.2) is 18.2 Å². The number of nitrogens with one attached hydrogen (secondary N) is 2. The number of alkyl halides is 3. The Balaban J connectivity index is 0.000000718. The Morgan fingerprint density at radius 1 is 1.18 bits per heavy atom. The average molecular weight is 512 g/mol. The molecule has 0 saturated carbocycles. The van der Waals surface area contributed by atoms with E-state index < -0.39 is 22.2 Å². The molecule has 194 valence electrons. The summed E-state index contributed by atoms with van der Waals surface area (Å²) in [6.07, 6.45) is -3.96. The number of piperazine rings is 1. The molecule has 1 saturated heterocycles. The van der Waals surface area contributed by atoms with E-state index >= 15 is 0 Å². The van der Waals surface area contributed by atoms with Crippen molar-refractivity contribution < 1.29 is 36.3 Å². The van der Waals surface area contributed by atoms with Crippen LogP contribution in [-0.2, 0) is 14.8 Å². The number of halogens is 3. The van der Waals surface area contributed by atoms with Crippen LogP contribution in [0.3, 0.4) is 0 Å². The molecule has 2 rings (SSSR count). The van der Waals surface area contributed by atoms with Gasteiger partial charge in [-0.2, -0.15) is 13.2 Å². The number of carboxylic acids is 1. The maximum atomic E-state index is 12.9. The fraction of sp³-hybridized carbons (Fsp3) is 0.600. The van der Waals surface area contributed by atoms with Crippen molar-refractivity contribution in [2.75, 3.05) is 75.8 Å². The summed E-state index contributed by atoms with van der Waals surface area (Å²) in [5.74, 6) is -2.85. The lowest BCUT2D eigenvalue weighted by Gasteiger charge is -2.31. The van der Waals surface area contributed by atoms with Gasteiger partial charge in [0, 0.05) is 51.4 Å². The number of sulfonamides is 1. The molecule has 1 aromatic rings. The number of benzene rings is 1. The number of aliphatic carboxylic acids is 1. The molecule has 1 amide bonds. The smallest absolute Gasteiger partial charge is 0.475 e. The van der Waals surface area contributed by atoms with Gasteiger partial charge in [-0.05, 0) is 39.2 Å². The van der Waals surface area contributed by atoms with E-state index in [-0.39, 0.29) is 5.91 Å². The van der Waals surface area contributed by atoms with Crippen molar-refractivity contribution in [3.63, 3.8) is 0 Å². The molecule has 14 heteroatoms. The van der Waals surface area contributed by atoms with E-state index in [0.29, 0.717) is 24.3 Å². The van der Waals surface area contributed by atoms with Crippen LogP contribution < -0.4 is 14.9 Å². The van der Waals surface area contributed by atoms with E-state index in [0.717, 1.165) is 44.7 Å². The number of hydrogen-bond donors (Lipinski definition) is 3. The lowest BCUT2D eigenvalue weighted by atomic mass is 10.1. The number of carboxylic acid groups (broad SMARTS) is 1. The molecule has 1 aliphatic heterocycles. The minimum Gasteiger partial charge on any atom is -0.475 e. The molecule has 0 bridgehead atoms. The van der Waals surface area contributed by atoms with Gasteiger partial charge in [-0.1, -0.05) is 0 Å². The SMILES string of the molecule is CCN(CCN(C)C)C(=O)c1ccc(N2CCNCC2)c(NS(C)(=O)=O)c1.O=C(O)C(F)(F)F. The minimum absolute atomic E-state index is 0.0947. The van der Waals surface area contributed by atoms with Crippen molar-refractivity contribution in [2.24, 2.45) is 0 Å². The molecule has 0 spiro atoms. The van der Waals surface area contributed by atoms with Gasteiger partial charge >= 0.3 is 12.1 Å². The molecule has 0 aromatic heterocycles. The van der Waals surface area contributed by atoms with E-state index in [1.165, 1.54) is 0 Å². The van der Waals surface area contributed by atoms with E-state index in [2.05, 4.69) is 14.9 Å². The lowest BCUT2D eigenvalue weighted by Crippen LogP contribution is -2.43. The maximum Gasteiger partial charge on any atom is 0.490 e. The standard InChI is InChI=1S/C18H31N5O3S.C2HF3O2/c1-5-22(13-12-21(2)3)18(24)15-6-7-17(23-10-8-19-9-11-23)16(14-15)20-27(4,25)26;3-2(4,5)1(6)7/h6-7,14,19-20H,5,8-13H2,1-4H3;(H,6,7). The summed E-state index contributed by atoms with van der Waals surface area (Å²) in [4.78, 5) is 27.7. The summed E-state index contributed by atoms with van der Waals surface area (Å²) in [7, 11) is 0.482. The molecule has 0 atom stereocenters. The summed E-state index contributed by atoms with van der Waals surface area (Å²) in [6.45, 7) is 7.19. The Kier molecular flexibility index (Phi) is 11.1. The molecule has 1 heterocycles. The third kappa shape index (κ3) is 10.1. The molecular weight excluding hydrogens is 479 g/mol. The van der Waals surface area contributed by atoms with Crippen molar-refractivity contribution in [3.8, 4) is 0 Å². The van der Waals surface area contributed by atoms with Gasteiger partial charge in [0.25, 0.3) is 5.91 Å². The number of likely N-dealkylation sites (N-methyl/N-ethyl adjacent to an activating group) is 2. The lowest BCUT2D eigenvalue weighted by molar-refractivity contribution is -0.192. The second kappa shape index (κ2) is 12.8. The Hall–Kier alpha value is -2.58. The molecule has 3 N–H and O–H groups in total. The summed E-state index contributed by atoms with van der Waals surface area (Å²) in [5, 5.41) is 10.4. The number of hydrogen-bond acceptors (Lipinski definition) is 7. The van der Waals surface area contributed by atoms with Gasteiger partial charge in [-0.25, -0.2) is 13.2 Å². The van der Waals surface area contributed by atoms with Gasteiger partial charge in [0.05, 0.1) is 17.6 Å². The summed E-state index contributed by atoms with van der Waals surface area (Å²) in [5.41, 5.74) is 1.74. The first kappa shape index (κ1) is 29.5. The molecule has 0 unspecified atom stereocenters. The normalized spacial score (nSPS) is 14.3. The van der Waals surface area contributed by atoms with Crippen LogP contribution in [0, 0.1) is 0 Å². The third-order valence-electron chi connectivity index (χ3n) is 4.73. The molecule has 1 aliphatic rings. The predicted molar refractivity (Wildman–Crippen MR) is 124 cm³/mol. The van der Waals surface area contributed by atoms with Crippen LogP contribution >= 0.6 is 0 Å². The highest BCUT2D eigenvalue weighted by Gasteiger charge is 2.38. The van der Waals surface area contributed by atoms with Gasteiger partial charge in [0.2, 0.25) is 10.0 Å². The van der Waals surface area contributed by atoms with Crippen LogP contribution in [0.4, 0.5) is 24.5 Å². The second-order valence-corrected chi connectivity index (χ2v) is 9.58. The van der Waals surface area contributed by atoms with E-state index in [1.54, 1.807) is 17.0 Å². The van der Waals surface area contributed by atoms with E-state index in [4.69, 9.17) is 9.90 Å². The Labute approximate surface area is 197 Å². The van der Waals surface area contributed by atoms with Crippen LogP contribution in [0.25, 0.3) is 0 Å². The number of amides is 1. The van der Waals surface area contributed by atoms with Gasteiger partial charge < -0.3 is 25.1 Å².